The minimum absolute atomic E-state index is 0.149. The lowest BCUT2D eigenvalue weighted by molar-refractivity contribution is -0.113. The summed E-state index contributed by atoms with van der Waals surface area (Å²) in [6, 6.07) is 11.1. The Bertz CT molecular complexity index is 1040. The zero-order chi connectivity index (χ0) is 18.6. The molecule has 1 aromatic carbocycles. The number of rotatable bonds is 6. The van der Waals surface area contributed by atoms with Crippen molar-refractivity contribution < 1.29 is 9.21 Å². The number of hydrogen-bond donors (Lipinski definition) is 1. The summed E-state index contributed by atoms with van der Waals surface area (Å²) in [6.07, 6.45) is 0. The average Bonchev–Trinajstić information content (AvgIpc) is 3.42. The lowest BCUT2D eigenvalue weighted by Gasteiger charge is -1.99. The molecule has 4 aromatic rings. The van der Waals surface area contributed by atoms with Gasteiger partial charge in [0.1, 0.15) is 0 Å². The van der Waals surface area contributed by atoms with Gasteiger partial charge in [-0.1, -0.05) is 29.4 Å². The van der Waals surface area contributed by atoms with Crippen molar-refractivity contribution in [2.45, 2.75) is 5.22 Å². The quantitative estimate of drug-likeness (QED) is 0.414. The summed E-state index contributed by atoms with van der Waals surface area (Å²) >= 11 is 10.0. The lowest BCUT2D eigenvalue weighted by Crippen LogP contribution is -2.13. The number of halogens is 1. The minimum Gasteiger partial charge on any atom is -0.411 e. The molecule has 0 radical (unpaired) electrons. The maximum Gasteiger partial charge on any atom is 0.277 e. The van der Waals surface area contributed by atoms with E-state index in [1.165, 1.54) is 23.1 Å². The van der Waals surface area contributed by atoms with Crippen molar-refractivity contribution in [3.05, 3.63) is 52.2 Å². The van der Waals surface area contributed by atoms with E-state index >= 15 is 0 Å². The number of carbonyl (C=O) groups excluding carboxylic acids is 1. The van der Waals surface area contributed by atoms with Gasteiger partial charge in [0.15, 0.2) is 5.13 Å². The molecule has 0 atom stereocenters. The number of benzene rings is 1. The molecule has 0 fully saturated rings. The Labute approximate surface area is 171 Å². The Hall–Kier alpha value is -2.20. The van der Waals surface area contributed by atoms with Gasteiger partial charge in [-0.15, -0.1) is 32.9 Å². The molecule has 136 valence electrons. The number of aromatic nitrogens is 3. The third-order valence-corrected chi connectivity index (χ3v) is 6.07. The van der Waals surface area contributed by atoms with Crippen LogP contribution in [0.1, 0.15) is 0 Å². The highest BCUT2D eigenvalue weighted by Gasteiger charge is 2.13. The van der Waals surface area contributed by atoms with Crippen molar-refractivity contribution in [1.82, 2.24) is 15.2 Å². The number of thioether (sulfide) groups is 1. The predicted octanol–water partition coefficient (Wildman–Crippen LogP) is 5.31. The van der Waals surface area contributed by atoms with Crippen molar-refractivity contribution in [2.24, 2.45) is 0 Å². The van der Waals surface area contributed by atoms with E-state index in [4.69, 9.17) is 16.0 Å². The van der Waals surface area contributed by atoms with E-state index in [1.807, 2.05) is 22.9 Å². The van der Waals surface area contributed by atoms with Crippen LogP contribution in [0.4, 0.5) is 5.13 Å². The van der Waals surface area contributed by atoms with Gasteiger partial charge in [0.05, 0.1) is 16.3 Å². The fourth-order valence-electron chi connectivity index (χ4n) is 2.13. The standard InChI is InChI=1S/C17H11ClN4O2S3/c18-11-5-3-10(4-6-11)15-21-22-17(24-15)27-9-14(23)20-16-19-12(8-26-16)13-2-1-7-25-13/h1-8H,9H2,(H,19,20,23). The van der Waals surface area contributed by atoms with Crippen LogP contribution in [0.3, 0.4) is 0 Å². The molecule has 0 saturated heterocycles. The predicted molar refractivity (Wildman–Crippen MR) is 110 cm³/mol. The summed E-state index contributed by atoms with van der Waals surface area (Å²) in [5, 5.41) is 16.2. The van der Waals surface area contributed by atoms with Crippen LogP contribution < -0.4 is 5.32 Å². The number of amides is 1. The van der Waals surface area contributed by atoms with Crippen LogP contribution in [0.15, 0.2) is 56.8 Å². The number of nitrogens with zero attached hydrogens (tertiary/aromatic N) is 3. The van der Waals surface area contributed by atoms with Crippen LogP contribution in [0.2, 0.25) is 5.02 Å². The molecule has 1 N–H and O–H groups in total. The third-order valence-electron chi connectivity index (χ3n) is 3.35. The Morgan fingerprint density at radius 3 is 2.81 bits per heavy atom. The summed E-state index contributed by atoms with van der Waals surface area (Å²) in [7, 11) is 0. The summed E-state index contributed by atoms with van der Waals surface area (Å²) in [5.74, 6) is 0.351. The van der Waals surface area contributed by atoms with Crippen LogP contribution in [0.25, 0.3) is 22.0 Å². The maximum absolute atomic E-state index is 12.1. The number of carbonyl (C=O) groups is 1. The van der Waals surface area contributed by atoms with Gasteiger partial charge in [-0.05, 0) is 35.7 Å². The molecule has 6 nitrogen and oxygen atoms in total. The SMILES string of the molecule is O=C(CSc1nnc(-c2ccc(Cl)cc2)o1)Nc1nc(-c2cccs2)cs1. The van der Waals surface area contributed by atoms with Gasteiger partial charge >= 0.3 is 0 Å². The second-order valence-corrected chi connectivity index (χ2v) is 8.40. The first-order valence-corrected chi connectivity index (χ1v) is 10.8. The van der Waals surface area contributed by atoms with Crippen molar-refractivity contribution in [3.63, 3.8) is 0 Å². The number of anilines is 1. The highest BCUT2D eigenvalue weighted by molar-refractivity contribution is 7.99. The normalized spacial score (nSPS) is 10.9. The Kier molecular flexibility index (Phi) is 5.53. The molecule has 3 heterocycles. The molecule has 27 heavy (non-hydrogen) atoms. The number of thiazole rings is 1. The highest BCUT2D eigenvalue weighted by Crippen LogP contribution is 2.29. The molecule has 0 aliphatic rings. The van der Waals surface area contributed by atoms with Crippen molar-refractivity contribution in [2.75, 3.05) is 11.1 Å². The van der Waals surface area contributed by atoms with Gasteiger partial charge in [-0.3, -0.25) is 4.79 Å². The Morgan fingerprint density at radius 2 is 2.04 bits per heavy atom. The molecule has 4 rings (SSSR count). The van der Waals surface area contributed by atoms with Gasteiger partial charge in [0, 0.05) is 16.0 Å². The van der Waals surface area contributed by atoms with Crippen molar-refractivity contribution >= 4 is 57.1 Å². The van der Waals surface area contributed by atoms with Crippen LogP contribution in [0, 0.1) is 0 Å². The summed E-state index contributed by atoms with van der Waals surface area (Å²) in [6.45, 7) is 0. The van der Waals surface area contributed by atoms with E-state index < -0.39 is 0 Å². The first-order chi connectivity index (χ1) is 13.2. The van der Waals surface area contributed by atoms with E-state index in [9.17, 15) is 4.79 Å². The first kappa shape index (κ1) is 18.2. The summed E-state index contributed by atoms with van der Waals surface area (Å²) in [4.78, 5) is 17.6. The van der Waals surface area contributed by atoms with Gasteiger partial charge in [0.25, 0.3) is 5.22 Å². The number of hydrogen-bond acceptors (Lipinski definition) is 8. The monoisotopic (exact) mass is 434 g/mol. The second-order valence-electron chi connectivity index (χ2n) is 5.23. The maximum atomic E-state index is 12.1. The molecule has 3 aromatic heterocycles. The molecule has 0 bridgehead atoms. The molecule has 0 saturated carbocycles. The Morgan fingerprint density at radius 1 is 1.19 bits per heavy atom. The van der Waals surface area contributed by atoms with Crippen LogP contribution in [0.5, 0.6) is 0 Å². The largest absolute Gasteiger partial charge is 0.411 e. The lowest BCUT2D eigenvalue weighted by atomic mass is 10.2. The second kappa shape index (κ2) is 8.22. The van der Waals surface area contributed by atoms with E-state index in [0.29, 0.717) is 21.3 Å². The minimum atomic E-state index is -0.182. The first-order valence-electron chi connectivity index (χ1n) is 7.69. The topological polar surface area (TPSA) is 80.9 Å². The zero-order valence-electron chi connectivity index (χ0n) is 13.6. The van der Waals surface area contributed by atoms with Crippen LogP contribution >= 0.6 is 46.0 Å². The molecule has 0 spiro atoms. The summed E-state index contributed by atoms with van der Waals surface area (Å²) in [5.41, 5.74) is 1.63. The fourth-order valence-corrected chi connectivity index (χ4v) is 4.31. The van der Waals surface area contributed by atoms with Crippen molar-refractivity contribution in [1.29, 1.82) is 0 Å². The third kappa shape index (κ3) is 4.56. The molecule has 10 heteroatoms. The fraction of sp³-hybridized carbons (Fsp3) is 0.0588. The van der Waals surface area contributed by atoms with Gasteiger partial charge in [0.2, 0.25) is 11.8 Å². The van der Waals surface area contributed by atoms with E-state index in [2.05, 4.69) is 20.5 Å². The number of nitrogens with one attached hydrogen (secondary N) is 1. The molecule has 0 aliphatic carbocycles. The van der Waals surface area contributed by atoms with Gasteiger partial charge in [-0.25, -0.2) is 4.98 Å². The number of thiophene rings is 1. The van der Waals surface area contributed by atoms with Crippen LogP contribution in [-0.2, 0) is 4.79 Å². The molecule has 0 aliphatic heterocycles. The van der Waals surface area contributed by atoms with Gasteiger partial charge in [-0.2, -0.15) is 0 Å². The summed E-state index contributed by atoms with van der Waals surface area (Å²) < 4.78 is 5.57. The molecular weight excluding hydrogens is 424 g/mol. The van der Waals surface area contributed by atoms with E-state index in [-0.39, 0.29) is 11.7 Å². The van der Waals surface area contributed by atoms with E-state index in [0.717, 1.165) is 16.1 Å². The van der Waals surface area contributed by atoms with Crippen LogP contribution in [-0.4, -0.2) is 26.8 Å². The van der Waals surface area contributed by atoms with Gasteiger partial charge < -0.3 is 9.73 Å². The van der Waals surface area contributed by atoms with Crippen molar-refractivity contribution in [3.8, 4) is 22.0 Å². The zero-order valence-corrected chi connectivity index (χ0v) is 16.8. The smallest absolute Gasteiger partial charge is 0.277 e. The highest BCUT2D eigenvalue weighted by atomic mass is 35.5. The average molecular weight is 435 g/mol. The molecule has 0 unspecified atom stereocenters. The molecule has 1 amide bonds. The Balaban J connectivity index is 1.32. The van der Waals surface area contributed by atoms with E-state index in [1.54, 1.807) is 35.6 Å². The molecular formula is C17H11ClN4O2S3.